The maximum atomic E-state index is 13.8. The lowest BCUT2D eigenvalue weighted by Gasteiger charge is -2.11. The van der Waals surface area contributed by atoms with Gasteiger partial charge in [-0.1, -0.05) is 33.6 Å². The smallest absolute Gasteiger partial charge is 0.170 e. The minimum absolute atomic E-state index is 0.146. The Labute approximate surface area is 127 Å². The fourth-order valence-corrected chi connectivity index (χ4v) is 2.79. The number of carbonyl (C=O) groups is 1. The molecule has 0 bridgehead atoms. The summed E-state index contributed by atoms with van der Waals surface area (Å²) in [5.74, 6) is -0.670. The van der Waals surface area contributed by atoms with Gasteiger partial charge in [-0.25, -0.2) is 4.39 Å². The second kappa shape index (κ2) is 5.88. The molecule has 0 unspecified atom stereocenters. The van der Waals surface area contributed by atoms with Crippen LogP contribution in [0.2, 0.25) is 0 Å². The summed E-state index contributed by atoms with van der Waals surface area (Å²) in [5.41, 5.74) is 4.46. The first kappa shape index (κ1) is 14.9. The molecule has 0 radical (unpaired) electrons. The Kier molecular flexibility index (Phi) is 4.39. The lowest BCUT2D eigenvalue weighted by atomic mass is 9.94. The van der Waals surface area contributed by atoms with Crippen LogP contribution in [0, 0.1) is 26.6 Å². The number of carbonyl (C=O) groups excluding carboxylic acids is 1. The van der Waals surface area contributed by atoms with E-state index in [0.29, 0.717) is 4.47 Å². The van der Waals surface area contributed by atoms with Crippen LogP contribution in [0.4, 0.5) is 4.39 Å². The second-order valence-electron chi connectivity index (χ2n) is 5.10. The average Bonchev–Trinajstić information content (AvgIpc) is 2.33. The molecule has 1 nitrogen and oxygen atoms in total. The molecule has 0 amide bonds. The first-order valence-electron chi connectivity index (χ1n) is 6.43. The van der Waals surface area contributed by atoms with E-state index in [1.54, 1.807) is 6.07 Å². The summed E-state index contributed by atoms with van der Waals surface area (Å²) in [6.45, 7) is 6.00. The predicted octanol–water partition coefficient (Wildman–Crippen LogP) is 4.94. The average molecular weight is 335 g/mol. The third kappa shape index (κ3) is 3.15. The summed E-state index contributed by atoms with van der Waals surface area (Å²) in [4.78, 5) is 12.3. The molecule has 2 aromatic rings. The summed E-state index contributed by atoms with van der Waals surface area (Å²) in [5, 5.41) is 0. The third-order valence-corrected chi connectivity index (χ3v) is 3.90. The molecule has 0 saturated carbocycles. The lowest BCUT2D eigenvalue weighted by molar-refractivity contribution is 0.0988. The minimum atomic E-state index is -0.480. The van der Waals surface area contributed by atoms with Crippen molar-refractivity contribution in [2.24, 2.45) is 0 Å². The Balaban J connectivity index is 2.33. The molecule has 0 aliphatic heterocycles. The van der Waals surface area contributed by atoms with Crippen LogP contribution in [0.15, 0.2) is 34.8 Å². The van der Waals surface area contributed by atoms with E-state index >= 15 is 0 Å². The molecule has 20 heavy (non-hydrogen) atoms. The zero-order valence-corrected chi connectivity index (χ0v) is 13.3. The zero-order valence-electron chi connectivity index (χ0n) is 11.8. The Morgan fingerprint density at radius 1 is 1.10 bits per heavy atom. The highest BCUT2D eigenvalue weighted by atomic mass is 79.9. The van der Waals surface area contributed by atoms with E-state index in [-0.39, 0.29) is 17.8 Å². The van der Waals surface area contributed by atoms with E-state index in [4.69, 9.17) is 0 Å². The number of hydrogen-bond acceptors (Lipinski definition) is 1. The van der Waals surface area contributed by atoms with E-state index in [0.717, 1.165) is 16.7 Å². The van der Waals surface area contributed by atoms with Gasteiger partial charge in [-0.3, -0.25) is 4.79 Å². The molecule has 0 atom stereocenters. The van der Waals surface area contributed by atoms with Gasteiger partial charge in [0.25, 0.3) is 0 Å². The van der Waals surface area contributed by atoms with Gasteiger partial charge in [-0.2, -0.15) is 0 Å². The molecule has 2 rings (SSSR count). The molecule has 0 spiro atoms. The molecule has 0 N–H and O–H groups in total. The molecule has 0 aliphatic carbocycles. The number of halogens is 2. The van der Waals surface area contributed by atoms with Gasteiger partial charge in [-0.05, 0) is 55.7 Å². The monoisotopic (exact) mass is 334 g/mol. The normalized spacial score (nSPS) is 10.7. The molecule has 0 heterocycles. The molecule has 3 heteroatoms. The predicted molar refractivity (Wildman–Crippen MR) is 82.8 cm³/mol. The highest BCUT2D eigenvalue weighted by Crippen LogP contribution is 2.21. The summed E-state index contributed by atoms with van der Waals surface area (Å²) in [6, 6.07) is 8.63. The Bertz CT molecular complexity index is 654. The van der Waals surface area contributed by atoms with Crippen molar-refractivity contribution in [2.45, 2.75) is 27.2 Å². The van der Waals surface area contributed by atoms with Gasteiger partial charge in [0.1, 0.15) is 5.82 Å². The Hall–Kier alpha value is -1.48. The van der Waals surface area contributed by atoms with Crippen molar-refractivity contribution < 1.29 is 9.18 Å². The van der Waals surface area contributed by atoms with Gasteiger partial charge in [0, 0.05) is 10.9 Å². The maximum absolute atomic E-state index is 13.8. The van der Waals surface area contributed by atoms with Crippen molar-refractivity contribution in [1.82, 2.24) is 0 Å². The molecule has 0 saturated heterocycles. The van der Waals surface area contributed by atoms with E-state index in [2.05, 4.69) is 15.9 Å². The molecule has 104 valence electrons. The van der Waals surface area contributed by atoms with Crippen molar-refractivity contribution >= 4 is 21.7 Å². The number of ketones is 1. The van der Waals surface area contributed by atoms with Crippen LogP contribution in [0.3, 0.4) is 0 Å². The number of benzene rings is 2. The summed E-state index contributed by atoms with van der Waals surface area (Å²) in [6.07, 6.45) is 0.233. The van der Waals surface area contributed by atoms with Crippen LogP contribution in [0.25, 0.3) is 0 Å². The summed E-state index contributed by atoms with van der Waals surface area (Å²) < 4.78 is 14.5. The molecule has 0 fully saturated rings. The molecule has 2 aromatic carbocycles. The first-order valence-corrected chi connectivity index (χ1v) is 7.22. The molecule has 0 aromatic heterocycles. The minimum Gasteiger partial charge on any atom is -0.294 e. The number of rotatable bonds is 3. The number of Topliss-reactive ketones (excluding diaryl/α,β-unsaturated/α-hetero) is 1. The zero-order chi connectivity index (χ0) is 14.9. The summed E-state index contributed by atoms with van der Waals surface area (Å²) >= 11 is 3.19. The van der Waals surface area contributed by atoms with Crippen molar-refractivity contribution in [3.05, 3.63) is 68.4 Å². The van der Waals surface area contributed by atoms with Crippen LogP contribution >= 0.6 is 15.9 Å². The van der Waals surface area contributed by atoms with Gasteiger partial charge in [0.2, 0.25) is 0 Å². The SMILES string of the molecule is Cc1cc(C)c(CC(=O)c2ccc(Br)cc2F)c(C)c1. The van der Waals surface area contributed by atoms with E-state index in [1.807, 2.05) is 32.9 Å². The number of aryl methyl sites for hydroxylation is 3. The highest BCUT2D eigenvalue weighted by Gasteiger charge is 2.15. The van der Waals surface area contributed by atoms with Crippen LogP contribution in [0.1, 0.15) is 32.6 Å². The van der Waals surface area contributed by atoms with Gasteiger partial charge in [0.15, 0.2) is 5.78 Å². The topological polar surface area (TPSA) is 17.1 Å². The van der Waals surface area contributed by atoms with Gasteiger partial charge >= 0.3 is 0 Å². The fourth-order valence-electron chi connectivity index (χ4n) is 2.46. The van der Waals surface area contributed by atoms with Gasteiger partial charge < -0.3 is 0 Å². The quantitative estimate of drug-likeness (QED) is 0.726. The number of hydrogen-bond donors (Lipinski definition) is 0. The van der Waals surface area contributed by atoms with Crippen molar-refractivity contribution in [2.75, 3.05) is 0 Å². The largest absolute Gasteiger partial charge is 0.294 e. The highest BCUT2D eigenvalue weighted by molar-refractivity contribution is 9.10. The molecule has 0 aliphatic rings. The van der Waals surface area contributed by atoms with Gasteiger partial charge in [0.05, 0.1) is 5.56 Å². The van der Waals surface area contributed by atoms with Crippen LogP contribution in [-0.2, 0) is 6.42 Å². The summed E-state index contributed by atoms with van der Waals surface area (Å²) in [7, 11) is 0. The van der Waals surface area contributed by atoms with Gasteiger partial charge in [-0.15, -0.1) is 0 Å². The maximum Gasteiger partial charge on any atom is 0.170 e. The Morgan fingerprint density at radius 3 is 2.25 bits per heavy atom. The van der Waals surface area contributed by atoms with E-state index < -0.39 is 5.82 Å². The van der Waals surface area contributed by atoms with Crippen LogP contribution in [0.5, 0.6) is 0 Å². The van der Waals surface area contributed by atoms with Crippen molar-refractivity contribution in [3.8, 4) is 0 Å². The third-order valence-electron chi connectivity index (χ3n) is 3.41. The molecular formula is C17H16BrFO. The lowest BCUT2D eigenvalue weighted by Crippen LogP contribution is -2.09. The van der Waals surface area contributed by atoms with Crippen LogP contribution < -0.4 is 0 Å². The second-order valence-corrected chi connectivity index (χ2v) is 6.02. The van der Waals surface area contributed by atoms with Crippen molar-refractivity contribution in [3.63, 3.8) is 0 Å². The van der Waals surface area contributed by atoms with E-state index in [9.17, 15) is 9.18 Å². The molecular weight excluding hydrogens is 319 g/mol. The fraction of sp³-hybridized carbons (Fsp3) is 0.235. The standard InChI is InChI=1S/C17H16BrFO/c1-10-6-11(2)15(12(3)7-10)9-17(20)14-5-4-13(18)8-16(14)19/h4-8H,9H2,1-3H3. The van der Waals surface area contributed by atoms with Crippen molar-refractivity contribution in [1.29, 1.82) is 0 Å². The van der Waals surface area contributed by atoms with E-state index in [1.165, 1.54) is 17.7 Å². The Morgan fingerprint density at radius 2 is 1.70 bits per heavy atom. The van der Waals surface area contributed by atoms with Crippen LogP contribution in [-0.4, -0.2) is 5.78 Å². The first-order chi connectivity index (χ1) is 9.38.